The molecule has 0 spiro atoms. The van der Waals surface area contributed by atoms with Gasteiger partial charge in [0.1, 0.15) is 11.5 Å². The minimum Gasteiger partial charge on any atom is -0.392 e. The van der Waals surface area contributed by atoms with Gasteiger partial charge in [0, 0.05) is 18.0 Å². The van der Waals surface area contributed by atoms with Crippen LogP contribution in [-0.4, -0.2) is 48.9 Å². The Morgan fingerprint density at radius 3 is 2.97 bits per heavy atom. The second-order valence-electron chi connectivity index (χ2n) is 6.58. The second-order valence-corrected chi connectivity index (χ2v) is 9.22. The second kappa shape index (κ2) is 10.6. The summed E-state index contributed by atoms with van der Waals surface area (Å²) >= 11 is 8.35. The number of aliphatic hydroxyl groups is 1. The fraction of sp³-hybridized carbons (Fsp3) is 0.333. The first-order valence-corrected chi connectivity index (χ1v) is 13.5. The van der Waals surface area contributed by atoms with Crippen molar-refractivity contribution in [3.63, 3.8) is 0 Å². The maximum absolute atomic E-state index is 13.4. The number of allylic oxidation sites excluding steroid dienone is 2. The molecule has 2 heterocycles. The van der Waals surface area contributed by atoms with Crippen molar-refractivity contribution in [3.05, 3.63) is 57.3 Å². The molecule has 0 fully saturated rings. The zero-order chi connectivity index (χ0) is 21.7. The number of hydrazone groups is 1. The molecule has 1 amide bonds. The van der Waals surface area contributed by atoms with Crippen molar-refractivity contribution in [1.82, 2.24) is 24.7 Å². The SMILES string of the molecule is C/C(Cl)=C(\C=N/N(C=O)PI)N1CCc2c(nnn2Cc2ccc(F)cc2CO)C1. The first kappa shape index (κ1) is 23.1. The van der Waals surface area contributed by atoms with Crippen LogP contribution in [0.5, 0.6) is 0 Å². The summed E-state index contributed by atoms with van der Waals surface area (Å²) in [5.74, 6) is -0.382. The zero-order valence-electron chi connectivity index (χ0n) is 16.1. The molecule has 2 aromatic rings. The van der Waals surface area contributed by atoms with Gasteiger partial charge in [-0.05, 0) is 52.2 Å². The molecule has 1 atom stereocenters. The molecule has 1 unspecified atom stereocenters. The third-order valence-electron chi connectivity index (χ3n) is 4.72. The number of nitrogens with zero attached hydrogens (tertiary/aromatic N) is 6. The molecule has 1 aromatic carbocycles. The average molecular weight is 565 g/mol. The van der Waals surface area contributed by atoms with Crippen LogP contribution in [0.15, 0.2) is 34.0 Å². The van der Waals surface area contributed by atoms with E-state index in [2.05, 4.69) is 37.5 Å². The first-order valence-electron chi connectivity index (χ1n) is 9.02. The number of amides is 1. The predicted molar refractivity (Wildman–Crippen MR) is 123 cm³/mol. The Bertz CT molecular complexity index is 982. The number of rotatable bonds is 8. The van der Waals surface area contributed by atoms with Crippen molar-refractivity contribution in [3.8, 4) is 0 Å². The summed E-state index contributed by atoms with van der Waals surface area (Å²) in [4.78, 5) is 13.0. The summed E-state index contributed by atoms with van der Waals surface area (Å²) in [6.07, 6.45) is 3.13. The molecule has 0 radical (unpaired) electrons. The maximum atomic E-state index is 13.4. The van der Waals surface area contributed by atoms with E-state index in [9.17, 15) is 14.3 Å². The molecule has 1 aromatic heterocycles. The Morgan fingerprint density at radius 1 is 1.50 bits per heavy atom. The van der Waals surface area contributed by atoms with Crippen molar-refractivity contribution in [1.29, 1.82) is 0 Å². The first-order chi connectivity index (χ1) is 14.5. The Hall–Kier alpha value is -1.62. The van der Waals surface area contributed by atoms with Gasteiger partial charge in [0.05, 0.1) is 43.7 Å². The normalized spacial score (nSPS) is 15.0. The lowest BCUT2D eigenvalue weighted by Gasteiger charge is -2.29. The highest BCUT2D eigenvalue weighted by Crippen LogP contribution is 2.27. The van der Waals surface area contributed by atoms with Gasteiger partial charge in [0.2, 0.25) is 6.41 Å². The lowest BCUT2D eigenvalue weighted by atomic mass is 10.1. The maximum Gasteiger partial charge on any atom is 0.233 e. The van der Waals surface area contributed by atoms with E-state index in [1.54, 1.807) is 23.9 Å². The molecule has 3 rings (SSSR count). The fourth-order valence-electron chi connectivity index (χ4n) is 3.23. The summed E-state index contributed by atoms with van der Waals surface area (Å²) in [7, 11) is 0. The van der Waals surface area contributed by atoms with E-state index < -0.39 is 0 Å². The van der Waals surface area contributed by atoms with Crippen LogP contribution in [-0.2, 0) is 30.9 Å². The van der Waals surface area contributed by atoms with Gasteiger partial charge < -0.3 is 10.0 Å². The van der Waals surface area contributed by atoms with Crippen molar-refractivity contribution in [2.45, 2.75) is 33.0 Å². The van der Waals surface area contributed by atoms with Crippen molar-refractivity contribution < 1.29 is 14.3 Å². The van der Waals surface area contributed by atoms with Gasteiger partial charge in [0.15, 0.2) is 0 Å². The van der Waals surface area contributed by atoms with E-state index in [4.69, 9.17) is 11.6 Å². The van der Waals surface area contributed by atoms with E-state index in [0.29, 0.717) is 43.1 Å². The average Bonchev–Trinajstić information content (AvgIpc) is 3.14. The Kier molecular flexibility index (Phi) is 8.15. The Balaban J connectivity index is 1.79. The Morgan fingerprint density at radius 2 is 2.30 bits per heavy atom. The Labute approximate surface area is 193 Å². The van der Waals surface area contributed by atoms with Gasteiger partial charge >= 0.3 is 0 Å². The fourth-order valence-corrected chi connectivity index (χ4v) is 4.25. The highest BCUT2D eigenvalue weighted by molar-refractivity contribution is 14.2. The monoisotopic (exact) mass is 564 g/mol. The number of carbonyl (C=O) groups is 1. The minimum atomic E-state index is -0.382. The number of fused-ring (bicyclic) bond motifs is 1. The molecule has 1 aliphatic heterocycles. The number of carbonyl (C=O) groups excluding carboxylic acids is 1. The highest BCUT2D eigenvalue weighted by atomic mass is 127. The molecule has 0 aliphatic carbocycles. The topological polar surface area (TPSA) is 86.9 Å². The summed E-state index contributed by atoms with van der Waals surface area (Å²) < 4.78 is 16.5. The number of benzene rings is 1. The van der Waals surface area contributed by atoms with Crippen LogP contribution in [0.1, 0.15) is 29.4 Å². The number of hydrogen-bond acceptors (Lipinski definition) is 6. The van der Waals surface area contributed by atoms with Gasteiger partial charge in [-0.2, -0.15) is 5.10 Å². The molecular weight excluding hydrogens is 545 g/mol. The van der Waals surface area contributed by atoms with E-state index in [-0.39, 0.29) is 18.8 Å². The van der Waals surface area contributed by atoms with Crippen LogP contribution in [0.25, 0.3) is 0 Å². The van der Waals surface area contributed by atoms with E-state index in [0.717, 1.165) is 22.6 Å². The third-order valence-corrected chi connectivity index (χ3v) is 6.79. The van der Waals surface area contributed by atoms with E-state index in [1.807, 2.05) is 4.90 Å². The third kappa shape index (κ3) is 5.35. The molecule has 1 N–H and O–H groups in total. The van der Waals surface area contributed by atoms with Crippen molar-refractivity contribution >= 4 is 52.6 Å². The van der Waals surface area contributed by atoms with Crippen LogP contribution in [0.3, 0.4) is 0 Å². The molecule has 12 heteroatoms. The number of aromatic nitrogens is 3. The van der Waals surface area contributed by atoms with Crippen LogP contribution < -0.4 is 0 Å². The molecular formula is C18H20ClFIN6O2P. The molecule has 1 aliphatic rings. The lowest BCUT2D eigenvalue weighted by molar-refractivity contribution is -0.113. The van der Waals surface area contributed by atoms with Gasteiger partial charge in [-0.3, -0.25) is 4.79 Å². The minimum absolute atomic E-state index is 0.195. The summed E-state index contributed by atoms with van der Waals surface area (Å²) in [5.41, 5.74) is 3.87. The van der Waals surface area contributed by atoms with E-state index in [1.165, 1.54) is 16.9 Å². The van der Waals surface area contributed by atoms with Crippen molar-refractivity contribution in [2.24, 2.45) is 5.10 Å². The zero-order valence-corrected chi connectivity index (χ0v) is 20.0. The number of aliphatic hydroxyl groups excluding tert-OH is 1. The van der Waals surface area contributed by atoms with Gasteiger partial charge in [-0.1, -0.05) is 22.9 Å². The molecule has 0 saturated carbocycles. The number of hydrogen-bond donors (Lipinski definition) is 1. The molecule has 0 saturated heterocycles. The smallest absolute Gasteiger partial charge is 0.233 e. The summed E-state index contributed by atoms with van der Waals surface area (Å²) in [6.45, 7) is 3.12. The van der Waals surface area contributed by atoms with E-state index >= 15 is 0 Å². The van der Waals surface area contributed by atoms with Gasteiger partial charge in [-0.15, -0.1) is 5.10 Å². The summed E-state index contributed by atoms with van der Waals surface area (Å²) in [5, 5.41) is 22.8. The van der Waals surface area contributed by atoms with Gasteiger partial charge in [-0.25, -0.2) is 13.9 Å². The molecule has 30 heavy (non-hydrogen) atoms. The predicted octanol–water partition coefficient (Wildman–Crippen LogP) is 3.17. The van der Waals surface area contributed by atoms with Crippen LogP contribution in [0.4, 0.5) is 4.39 Å². The quantitative estimate of drug-likeness (QED) is 0.175. The van der Waals surface area contributed by atoms with Gasteiger partial charge in [0.25, 0.3) is 0 Å². The molecule has 8 nitrogen and oxygen atoms in total. The molecule has 0 bridgehead atoms. The lowest BCUT2D eigenvalue weighted by Crippen LogP contribution is -2.32. The number of halogens is 3. The molecule has 160 valence electrons. The van der Waals surface area contributed by atoms with Crippen LogP contribution in [0, 0.1) is 5.82 Å². The van der Waals surface area contributed by atoms with Crippen LogP contribution in [0.2, 0.25) is 0 Å². The van der Waals surface area contributed by atoms with Crippen molar-refractivity contribution in [2.75, 3.05) is 6.54 Å². The van der Waals surface area contributed by atoms with Crippen LogP contribution >= 0.6 is 40.0 Å². The largest absolute Gasteiger partial charge is 0.392 e. The standard InChI is InChI=1S/C18H20ClFIN6O2P/c1-12(19)18(7-22-27(11-29)30-21)25-5-4-17-16(9-25)23-24-26(17)8-13-2-3-15(20)6-14(13)10-28/h2-3,6-7,11,28,30H,4-5,8-10H2,1H3/b18-12-,22-7-. The summed E-state index contributed by atoms with van der Waals surface area (Å²) in [6, 6.07) is 4.36. The highest BCUT2D eigenvalue weighted by Gasteiger charge is 2.24.